The maximum Gasteiger partial charge on any atom is 0.326 e. The van der Waals surface area contributed by atoms with Crippen molar-refractivity contribution in [2.24, 2.45) is 17.8 Å². The minimum atomic E-state index is -1.00. The number of nitrogens with zero attached hydrogens (tertiary/aromatic N) is 2. The highest BCUT2D eigenvalue weighted by atomic mass is 16.4. The van der Waals surface area contributed by atoms with Crippen molar-refractivity contribution in [3.05, 3.63) is 29.6 Å². The van der Waals surface area contributed by atoms with Gasteiger partial charge in [0.05, 0.1) is 11.0 Å². The molecule has 1 aromatic heterocycles. The van der Waals surface area contributed by atoms with E-state index in [4.69, 9.17) is 4.98 Å². The predicted octanol–water partition coefficient (Wildman–Crippen LogP) is 5.04. The Morgan fingerprint density at radius 1 is 1.23 bits per heavy atom. The van der Waals surface area contributed by atoms with Crippen LogP contribution in [0.1, 0.15) is 82.4 Å². The second kappa shape index (κ2) is 10.3. The quantitative estimate of drug-likeness (QED) is 0.556. The van der Waals surface area contributed by atoms with Gasteiger partial charge in [0.2, 0.25) is 0 Å². The number of amides is 1. The predicted molar refractivity (Wildman–Crippen MR) is 123 cm³/mol. The number of fused-ring (bicyclic) bond motifs is 1. The highest BCUT2D eigenvalue weighted by Gasteiger charge is 2.24. The number of hydrogen-bond acceptors (Lipinski definition) is 3. The number of imidazole rings is 1. The molecule has 3 rings (SSSR count). The van der Waals surface area contributed by atoms with Crippen LogP contribution in [0.5, 0.6) is 0 Å². The third kappa shape index (κ3) is 5.86. The number of nitrogens with one attached hydrogen (secondary N) is 1. The molecule has 1 unspecified atom stereocenters. The van der Waals surface area contributed by atoms with Gasteiger partial charge in [-0.3, -0.25) is 4.79 Å². The maximum absolute atomic E-state index is 12.8. The van der Waals surface area contributed by atoms with E-state index in [1.807, 2.05) is 26.0 Å². The van der Waals surface area contributed by atoms with Gasteiger partial charge in [0, 0.05) is 18.5 Å². The summed E-state index contributed by atoms with van der Waals surface area (Å²) in [4.78, 5) is 29.2. The molecule has 1 amide bonds. The first kappa shape index (κ1) is 23.3. The molecule has 170 valence electrons. The Morgan fingerprint density at radius 3 is 2.55 bits per heavy atom. The van der Waals surface area contributed by atoms with E-state index in [0.29, 0.717) is 23.8 Å². The molecule has 0 saturated heterocycles. The summed E-state index contributed by atoms with van der Waals surface area (Å²) in [7, 11) is 0. The molecule has 1 saturated carbocycles. The Kier molecular flexibility index (Phi) is 7.74. The van der Waals surface area contributed by atoms with E-state index in [1.54, 1.807) is 6.07 Å². The third-order valence-corrected chi connectivity index (χ3v) is 6.54. The van der Waals surface area contributed by atoms with Crippen LogP contribution < -0.4 is 5.32 Å². The second-order valence-corrected chi connectivity index (χ2v) is 9.70. The van der Waals surface area contributed by atoms with Crippen molar-refractivity contribution in [2.75, 3.05) is 0 Å². The van der Waals surface area contributed by atoms with Gasteiger partial charge in [-0.05, 0) is 42.4 Å². The normalized spacial score (nSPS) is 16.7. The largest absolute Gasteiger partial charge is 0.480 e. The van der Waals surface area contributed by atoms with Crippen molar-refractivity contribution in [3.8, 4) is 0 Å². The standard InChI is InChI=1S/C25H37N3O3/c1-5-17(4)15-28-22-11-10-19(24(29)27-21(25(30)31)12-16(2)3)14-20(22)26-23(28)13-18-8-6-7-9-18/h10-11,14,16-18,21H,5-9,12-13,15H2,1-4H3,(H,27,29)(H,30,31)/t17?,21-/m0/s1. The SMILES string of the molecule is CCC(C)Cn1c(CC2CCCC2)nc2cc(C(=O)N[C@@H](CC(C)C)C(=O)O)ccc21. The number of aromatic nitrogens is 2. The van der Waals surface area contributed by atoms with Crippen molar-refractivity contribution < 1.29 is 14.7 Å². The smallest absolute Gasteiger partial charge is 0.326 e. The van der Waals surface area contributed by atoms with E-state index < -0.39 is 12.0 Å². The summed E-state index contributed by atoms with van der Waals surface area (Å²) in [5.74, 6) is 1.18. The molecule has 1 aliphatic rings. The molecular weight excluding hydrogens is 390 g/mol. The molecule has 1 aliphatic carbocycles. The van der Waals surface area contributed by atoms with Crippen LogP contribution in [0.4, 0.5) is 0 Å². The van der Waals surface area contributed by atoms with Gasteiger partial charge in [-0.15, -0.1) is 0 Å². The molecule has 0 aliphatic heterocycles. The van der Waals surface area contributed by atoms with Crippen LogP contribution in [0.15, 0.2) is 18.2 Å². The molecule has 31 heavy (non-hydrogen) atoms. The summed E-state index contributed by atoms with van der Waals surface area (Å²) in [6.45, 7) is 9.29. The first-order chi connectivity index (χ1) is 14.8. The van der Waals surface area contributed by atoms with Crippen molar-refractivity contribution in [2.45, 2.75) is 85.2 Å². The van der Waals surface area contributed by atoms with E-state index in [9.17, 15) is 14.7 Å². The highest BCUT2D eigenvalue weighted by molar-refractivity contribution is 5.99. The van der Waals surface area contributed by atoms with E-state index in [1.165, 1.54) is 25.7 Å². The number of hydrogen-bond donors (Lipinski definition) is 2. The molecule has 0 bridgehead atoms. The molecule has 1 heterocycles. The van der Waals surface area contributed by atoms with Crippen molar-refractivity contribution in [1.82, 2.24) is 14.9 Å². The van der Waals surface area contributed by atoms with Gasteiger partial charge in [0.1, 0.15) is 11.9 Å². The van der Waals surface area contributed by atoms with E-state index in [2.05, 4.69) is 23.7 Å². The zero-order valence-corrected chi connectivity index (χ0v) is 19.4. The summed E-state index contributed by atoms with van der Waals surface area (Å²) >= 11 is 0. The van der Waals surface area contributed by atoms with Crippen LogP contribution in [-0.2, 0) is 17.8 Å². The molecule has 0 radical (unpaired) electrons. The summed E-state index contributed by atoms with van der Waals surface area (Å²) in [6, 6.07) is 4.68. The summed E-state index contributed by atoms with van der Waals surface area (Å²) in [5.41, 5.74) is 2.34. The van der Waals surface area contributed by atoms with Crippen LogP contribution in [0.25, 0.3) is 11.0 Å². The lowest BCUT2D eigenvalue weighted by atomic mass is 10.0. The molecule has 1 fully saturated rings. The van der Waals surface area contributed by atoms with Crippen molar-refractivity contribution in [3.63, 3.8) is 0 Å². The number of benzene rings is 1. The summed E-state index contributed by atoms with van der Waals surface area (Å²) < 4.78 is 2.34. The Morgan fingerprint density at radius 2 is 1.94 bits per heavy atom. The third-order valence-electron chi connectivity index (χ3n) is 6.54. The lowest BCUT2D eigenvalue weighted by Gasteiger charge is -2.17. The lowest BCUT2D eigenvalue weighted by Crippen LogP contribution is -2.41. The maximum atomic E-state index is 12.8. The first-order valence-electron chi connectivity index (χ1n) is 11.8. The fourth-order valence-electron chi connectivity index (χ4n) is 4.53. The molecular formula is C25H37N3O3. The number of aliphatic carboxylic acids is 1. The molecule has 2 N–H and O–H groups in total. The first-order valence-corrected chi connectivity index (χ1v) is 11.8. The number of carboxylic acids is 1. The fraction of sp³-hybridized carbons (Fsp3) is 0.640. The van der Waals surface area contributed by atoms with E-state index in [-0.39, 0.29) is 11.8 Å². The van der Waals surface area contributed by atoms with Gasteiger partial charge in [-0.2, -0.15) is 0 Å². The molecule has 6 nitrogen and oxygen atoms in total. The molecule has 6 heteroatoms. The molecule has 0 spiro atoms. The van der Waals surface area contributed by atoms with Gasteiger partial charge >= 0.3 is 5.97 Å². The fourth-order valence-corrected chi connectivity index (χ4v) is 4.53. The van der Waals surface area contributed by atoms with Crippen LogP contribution in [-0.4, -0.2) is 32.6 Å². The van der Waals surface area contributed by atoms with Crippen LogP contribution in [0.3, 0.4) is 0 Å². The van der Waals surface area contributed by atoms with E-state index in [0.717, 1.165) is 36.2 Å². The number of carbonyl (C=O) groups is 2. The van der Waals surface area contributed by atoms with Crippen molar-refractivity contribution >= 4 is 22.9 Å². The zero-order valence-electron chi connectivity index (χ0n) is 19.4. The average Bonchev–Trinajstić information content (AvgIpc) is 3.35. The number of carbonyl (C=O) groups excluding carboxylic acids is 1. The average molecular weight is 428 g/mol. The number of carboxylic acid groups (broad SMARTS) is 1. The Labute approximate surface area is 185 Å². The zero-order chi connectivity index (χ0) is 22.5. The van der Waals surface area contributed by atoms with Crippen LogP contribution >= 0.6 is 0 Å². The van der Waals surface area contributed by atoms with Crippen LogP contribution in [0.2, 0.25) is 0 Å². The van der Waals surface area contributed by atoms with Gasteiger partial charge in [0.25, 0.3) is 5.91 Å². The Balaban J connectivity index is 1.88. The molecule has 1 aromatic carbocycles. The summed E-state index contributed by atoms with van der Waals surface area (Å²) in [5, 5.41) is 12.1. The van der Waals surface area contributed by atoms with Gasteiger partial charge in [0.15, 0.2) is 0 Å². The van der Waals surface area contributed by atoms with Crippen LogP contribution in [0, 0.1) is 17.8 Å². The second-order valence-electron chi connectivity index (χ2n) is 9.70. The Hall–Kier alpha value is -2.37. The lowest BCUT2D eigenvalue weighted by molar-refractivity contribution is -0.139. The van der Waals surface area contributed by atoms with Crippen molar-refractivity contribution in [1.29, 1.82) is 0 Å². The molecule has 2 aromatic rings. The topological polar surface area (TPSA) is 84.2 Å². The summed E-state index contributed by atoms with van der Waals surface area (Å²) in [6.07, 6.45) is 7.65. The minimum Gasteiger partial charge on any atom is -0.480 e. The monoisotopic (exact) mass is 427 g/mol. The minimum absolute atomic E-state index is 0.179. The number of rotatable bonds is 10. The van der Waals surface area contributed by atoms with Gasteiger partial charge in [-0.1, -0.05) is 59.8 Å². The van der Waals surface area contributed by atoms with Gasteiger partial charge < -0.3 is 15.0 Å². The van der Waals surface area contributed by atoms with Gasteiger partial charge in [-0.25, -0.2) is 9.78 Å². The Bertz CT molecular complexity index is 912. The highest BCUT2D eigenvalue weighted by Crippen LogP contribution is 2.30. The van der Waals surface area contributed by atoms with E-state index >= 15 is 0 Å². The molecule has 2 atom stereocenters.